The maximum absolute atomic E-state index is 8.74. The van der Waals surface area contributed by atoms with E-state index in [4.69, 9.17) is 15.8 Å². The van der Waals surface area contributed by atoms with E-state index in [1.165, 1.54) is 0 Å². The van der Waals surface area contributed by atoms with E-state index in [1.54, 1.807) is 0 Å². The first-order valence-corrected chi connectivity index (χ1v) is 8.73. The first kappa shape index (κ1) is 15.9. The van der Waals surface area contributed by atoms with E-state index in [0.29, 0.717) is 19.3 Å². The van der Waals surface area contributed by atoms with E-state index in [-0.39, 0.29) is 0 Å². The van der Waals surface area contributed by atoms with Crippen molar-refractivity contribution in [3.63, 3.8) is 0 Å². The molecule has 0 aromatic rings. The molecule has 0 unspecified atom stereocenters. The third kappa shape index (κ3) is 6.94. The Labute approximate surface area is 105 Å². The molecule has 0 saturated carbocycles. The molecule has 0 aromatic carbocycles. The van der Waals surface area contributed by atoms with Crippen LogP contribution in [-0.4, -0.2) is 24.6 Å². The average Bonchev–Trinajstić information content (AvgIpc) is 2.37. The van der Waals surface area contributed by atoms with E-state index < -0.39 is 7.26 Å². The maximum atomic E-state index is 8.74. The molecule has 0 atom stereocenters. The third-order valence-electron chi connectivity index (χ3n) is 3.08. The quantitative estimate of drug-likeness (QED) is 0.587. The fourth-order valence-electron chi connectivity index (χ4n) is 2.03. The van der Waals surface area contributed by atoms with Crippen molar-refractivity contribution in [2.75, 3.05) is 24.6 Å². The second-order valence-corrected chi connectivity index (χ2v) is 8.79. The van der Waals surface area contributed by atoms with Gasteiger partial charge in [-0.2, -0.15) is 15.8 Å². The van der Waals surface area contributed by atoms with Crippen molar-refractivity contribution in [3.8, 4) is 18.2 Å². The lowest BCUT2D eigenvalue weighted by Crippen LogP contribution is -2.12. The second-order valence-electron chi connectivity index (χ2n) is 4.31. The zero-order valence-corrected chi connectivity index (χ0v) is 11.5. The molecule has 0 aliphatic heterocycles. The number of nitrogens with zero attached hydrogens (tertiary/aromatic N) is 3. The summed E-state index contributed by atoms with van der Waals surface area (Å²) >= 11 is 0. The molecule has 0 rings (SSSR count). The van der Waals surface area contributed by atoms with E-state index in [2.05, 4.69) is 25.1 Å². The van der Waals surface area contributed by atoms with Crippen molar-refractivity contribution in [2.24, 2.45) is 0 Å². The highest BCUT2D eigenvalue weighted by Gasteiger charge is 2.35. The highest BCUT2D eigenvalue weighted by atomic mass is 31.2. The van der Waals surface area contributed by atoms with Crippen LogP contribution in [0.4, 0.5) is 0 Å². The molecule has 0 aliphatic carbocycles. The molecule has 4 heteroatoms. The Balaban J connectivity index is 4.60. The van der Waals surface area contributed by atoms with E-state index in [1.807, 2.05) is 0 Å². The Morgan fingerprint density at radius 1 is 0.765 bits per heavy atom. The lowest BCUT2D eigenvalue weighted by Gasteiger charge is -2.25. The van der Waals surface area contributed by atoms with Crippen molar-refractivity contribution >= 4 is 7.26 Å². The zero-order valence-electron chi connectivity index (χ0n) is 10.7. The summed E-state index contributed by atoms with van der Waals surface area (Å²) in [5.74, 6) is 0. The molecule has 0 spiro atoms. The summed E-state index contributed by atoms with van der Waals surface area (Å²) in [6.45, 7) is 2.16. The topological polar surface area (TPSA) is 71.4 Å². The molecule has 0 fully saturated rings. The van der Waals surface area contributed by atoms with Gasteiger partial charge >= 0.3 is 0 Å². The molecular formula is C13H21N3P+. The van der Waals surface area contributed by atoms with Crippen molar-refractivity contribution in [1.29, 1.82) is 15.8 Å². The van der Waals surface area contributed by atoms with E-state index in [9.17, 15) is 0 Å². The molecule has 0 heterocycles. The van der Waals surface area contributed by atoms with Gasteiger partial charge in [-0.15, -0.1) is 0 Å². The third-order valence-corrected chi connectivity index (χ3v) is 7.86. The van der Waals surface area contributed by atoms with Gasteiger partial charge in [-0.25, -0.2) is 0 Å². The highest BCUT2D eigenvalue weighted by Crippen LogP contribution is 2.60. The molecule has 0 bridgehead atoms. The molecule has 92 valence electrons. The van der Waals surface area contributed by atoms with Crippen LogP contribution in [0.3, 0.4) is 0 Å². The van der Waals surface area contributed by atoms with Crippen LogP contribution in [0.1, 0.15) is 39.0 Å². The predicted molar refractivity (Wildman–Crippen MR) is 72.0 cm³/mol. The summed E-state index contributed by atoms with van der Waals surface area (Å²) < 4.78 is 0. The standard InChI is InChI=1S/C13H21N3P/c1-2-3-10-17(11-4-7-14,12-5-8-15)13-6-9-16/h2-6,10-13H2,1H3/q+1. The maximum Gasteiger partial charge on any atom is 0.0725 e. The van der Waals surface area contributed by atoms with Crippen LogP contribution in [0.15, 0.2) is 0 Å². The van der Waals surface area contributed by atoms with Crippen molar-refractivity contribution in [1.82, 2.24) is 0 Å². The van der Waals surface area contributed by atoms with Crippen molar-refractivity contribution in [3.05, 3.63) is 0 Å². The van der Waals surface area contributed by atoms with Crippen LogP contribution in [0.5, 0.6) is 0 Å². The largest absolute Gasteiger partial charge is 0.198 e. The molecule has 0 aromatic heterocycles. The van der Waals surface area contributed by atoms with Gasteiger partial charge in [0, 0.05) is 7.26 Å². The summed E-state index contributed by atoms with van der Waals surface area (Å²) in [4.78, 5) is 0. The Morgan fingerprint density at radius 3 is 1.47 bits per heavy atom. The van der Waals surface area contributed by atoms with Crippen LogP contribution in [0.25, 0.3) is 0 Å². The summed E-state index contributed by atoms with van der Waals surface area (Å²) in [5.41, 5.74) is 0. The van der Waals surface area contributed by atoms with Crippen molar-refractivity contribution < 1.29 is 0 Å². The van der Waals surface area contributed by atoms with Gasteiger partial charge in [0.2, 0.25) is 0 Å². The van der Waals surface area contributed by atoms with Crippen LogP contribution < -0.4 is 0 Å². The fourth-order valence-corrected chi connectivity index (χ4v) is 6.08. The zero-order chi connectivity index (χ0) is 13.0. The first-order chi connectivity index (χ1) is 8.24. The molecule has 3 nitrogen and oxygen atoms in total. The van der Waals surface area contributed by atoms with Gasteiger partial charge in [0.05, 0.1) is 62.1 Å². The number of rotatable bonds is 9. The lowest BCUT2D eigenvalue weighted by atomic mass is 10.4. The van der Waals surface area contributed by atoms with Crippen LogP contribution in [-0.2, 0) is 0 Å². The van der Waals surface area contributed by atoms with E-state index in [0.717, 1.165) is 37.5 Å². The molecular weight excluding hydrogens is 229 g/mol. The van der Waals surface area contributed by atoms with Gasteiger partial charge in [-0.05, 0) is 6.42 Å². The van der Waals surface area contributed by atoms with Crippen LogP contribution in [0.2, 0.25) is 0 Å². The molecule has 0 saturated heterocycles. The summed E-state index contributed by atoms with van der Waals surface area (Å²) in [5, 5.41) is 26.2. The fraction of sp³-hybridized carbons (Fsp3) is 0.769. The minimum Gasteiger partial charge on any atom is -0.198 e. The number of hydrogen-bond donors (Lipinski definition) is 0. The SMILES string of the molecule is CCCC[P+](CCC#N)(CCC#N)CCC#N. The minimum absolute atomic E-state index is 0.578. The molecule has 17 heavy (non-hydrogen) atoms. The van der Waals surface area contributed by atoms with Gasteiger partial charge < -0.3 is 0 Å². The van der Waals surface area contributed by atoms with Crippen LogP contribution in [0, 0.1) is 34.0 Å². The molecule has 0 N–H and O–H groups in total. The van der Waals surface area contributed by atoms with Crippen molar-refractivity contribution in [2.45, 2.75) is 39.0 Å². The average molecular weight is 250 g/mol. The number of hydrogen-bond acceptors (Lipinski definition) is 3. The Kier molecular flexibility index (Phi) is 9.43. The van der Waals surface area contributed by atoms with Crippen LogP contribution >= 0.6 is 7.26 Å². The number of unbranched alkanes of at least 4 members (excludes halogenated alkanes) is 1. The monoisotopic (exact) mass is 250 g/mol. The minimum atomic E-state index is -1.23. The summed E-state index contributed by atoms with van der Waals surface area (Å²) in [6.07, 6.45) is 8.00. The smallest absolute Gasteiger partial charge is 0.0725 e. The summed E-state index contributed by atoms with van der Waals surface area (Å²) in [7, 11) is -1.23. The molecule has 0 radical (unpaired) electrons. The highest BCUT2D eigenvalue weighted by molar-refractivity contribution is 7.75. The normalized spacial score (nSPS) is 10.2. The first-order valence-electron chi connectivity index (χ1n) is 6.20. The van der Waals surface area contributed by atoms with Gasteiger partial charge in [0.1, 0.15) is 0 Å². The van der Waals surface area contributed by atoms with Gasteiger partial charge in [0.15, 0.2) is 0 Å². The van der Waals surface area contributed by atoms with Gasteiger partial charge in [-0.3, -0.25) is 0 Å². The Hall–Kier alpha value is -1.10. The Bertz CT molecular complexity index is 273. The lowest BCUT2D eigenvalue weighted by molar-refractivity contribution is 0.877. The van der Waals surface area contributed by atoms with Gasteiger partial charge in [-0.1, -0.05) is 13.3 Å². The second kappa shape index (κ2) is 10.1. The number of nitriles is 3. The van der Waals surface area contributed by atoms with E-state index >= 15 is 0 Å². The molecule has 0 amide bonds. The van der Waals surface area contributed by atoms with Gasteiger partial charge in [0.25, 0.3) is 0 Å². The summed E-state index contributed by atoms with van der Waals surface area (Å²) in [6, 6.07) is 6.64. The predicted octanol–water partition coefficient (Wildman–Crippen LogP) is 3.55. The molecule has 0 aliphatic rings. The Morgan fingerprint density at radius 2 is 1.18 bits per heavy atom.